The fourth-order valence-electron chi connectivity index (χ4n) is 3.04. The molecule has 4 rings (SSSR count). The summed E-state index contributed by atoms with van der Waals surface area (Å²) >= 11 is 5.85. The molecule has 2 fully saturated rings. The van der Waals surface area contributed by atoms with Crippen LogP contribution in [0.4, 0.5) is 17.7 Å². The highest BCUT2D eigenvalue weighted by molar-refractivity contribution is 6.30. The van der Waals surface area contributed by atoms with Gasteiger partial charge in [0.25, 0.3) is 0 Å². The lowest BCUT2D eigenvalue weighted by Gasteiger charge is -2.35. The Hall–Kier alpha value is -2.19. The smallest absolute Gasteiger partial charge is 0.227 e. The Balaban J connectivity index is 1.41. The molecule has 0 amide bonds. The Morgan fingerprint density at radius 1 is 0.800 bits per heavy atom. The fraction of sp³-hybridized carbons (Fsp3) is 0.500. The number of hydrogen-bond acceptors (Lipinski definition) is 8. The fourth-order valence-corrected chi connectivity index (χ4v) is 3.13. The number of aromatic nitrogens is 4. The summed E-state index contributed by atoms with van der Waals surface area (Å²) in [5.74, 6) is 2.46. The van der Waals surface area contributed by atoms with E-state index in [-0.39, 0.29) is 0 Å². The predicted octanol–water partition coefficient (Wildman–Crippen LogP) is 1.08. The first-order valence-electron chi connectivity index (χ1n) is 8.43. The number of piperazine rings is 1. The largest absolute Gasteiger partial charge is 0.378 e. The highest BCUT2D eigenvalue weighted by Crippen LogP contribution is 2.19. The van der Waals surface area contributed by atoms with Crippen molar-refractivity contribution in [3.63, 3.8) is 0 Å². The van der Waals surface area contributed by atoms with Gasteiger partial charge >= 0.3 is 0 Å². The first-order chi connectivity index (χ1) is 12.3. The molecule has 0 unspecified atom stereocenters. The van der Waals surface area contributed by atoms with Crippen LogP contribution in [0, 0.1) is 0 Å². The molecule has 0 aliphatic carbocycles. The molecular formula is C16H20ClN7O. The van der Waals surface area contributed by atoms with E-state index in [0.717, 1.165) is 64.2 Å². The maximum Gasteiger partial charge on any atom is 0.227 e. The normalized spacial score (nSPS) is 18.5. The van der Waals surface area contributed by atoms with Crippen LogP contribution in [-0.2, 0) is 4.74 Å². The van der Waals surface area contributed by atoms with E-state index in [0.29, 0.717) is 11.0 Å². The molecular weight excluding hydrogens is 342 g/mol. The molecule has 2 aliphatic heterocycles. The molecule has 2 aromatic heterocycles. The molecule has 2 aliphatic rings. The van der Waals surface area contributed by atoms with Gasteiger partial charge in [0.15, 0.2) is 0 Å². The Morgan fingerprint density at radius 3 is 2.12 bits per heavy atom. The maximum absolute atomic E-state index is 5.85. The van der Waals surface area contributed by atoms with Crippen molar-refractivity contribution in [2.24, 2.45) is 0 Å². The molecule has 2 saturated heterocycles. The second-order valence-corrected chi connectivity index (χ2v) is 6.43. The van der Waals surface area contributed by atoms with Gasteiger partial charge in [-0.1, -0.05) is 11.6 Å². The van der Waals surface area contributed by atoms with E-state index in [1.807, 2.05) is 12.3 Å². The van der Waals surface area contributed by atoms with Crippen LogP contribution in [0.3, 0.4) is 0 Å². The zero-order chi connectivity index (χ0) is 17.1. The number of ether oxygens (including phenoxy) is 1. The lowest BCUT2D eigenvalue weighted by atomic mass is 10.3. The van der Waals surface area contributed by atoms with Crippen LogP contribution in [0.25, 0.3) is 0 Å². The molecule has 0 bridgehead atoms. The number of nitrogens with zero attached hydrogens (tertiary/aromatic N) is 7. The Labute approximate surface area is 151 Å². The average molecular weight is 362 g/mol. The topological polar surface area (TPSA) is 70.5 Å². The van der Waals surface area contributed by atoms with Crippen molar-refractivity contribution < 1.29 is 4.74 Å². The summed E-state index contributed by atoms with van der Waals surface area (Å²) < 4.78 is 5.41. The summed E-state index contributed by atoms with van der Waals surface area (Å²) in [6.07, 6.45) is 5.10. The molecule has 4 heterocycles. The van der Waals surface area contributed by atoms with E-state index in [2.05, 4.69) is 29.7 Å². The monoisotopic (exact) mass is 361 g/mol. The summed E-state index contributed by atoms with van der Waals surface area (Å²) in [5, 5.41) is 0.552. The first kappa shape index (κ1) is 16.3. The van der Waals surface area contributed by atoms with Gasteiger partial charge < -0.3 is 19.4 Å². The molecule has 132 valence electrons. The molecule has 25 heavy (non-hydrogen) atoms. The molecule has 8 nitrogen and oxygen atoms in total. The van der Waals surface area contributed by atoms with Crippen molar-refractivity contribution in [3.8, 4) is 0 Å². The van der Waals surface area contributed by atoms with E-state index in [1.165, 1.54) is 0 Å². The summed E-state index contributed by atoms with van der Waals surface area (Å²) in [7, 11) is 0. The third-order valence-electron chi connectivity index (χ3n) is 4.42. The van der Waals surface area contributed by atoms with Gasteiger partial charge in [-0.25, -0.2) is 15.0 Å². The summed E-state index contributed by atoms with van der Waals surface area (Å²) in [6.45, 7) is 6.56. The third-order valence-corrected chi connectivity index (χ3v) is 4.61. The molecule has 0 spiro atoms. The lowest BCUT2D eigenvalue weighted by molar-refractivity contribution is 0.122. The zero-order valence-corrected chi connectivity index (χ0v) is 14.6. The summed E-state index contributed by atoms with van der Waals surface area (Å²) in [6, 6.07) is 1.96. The molecule has 0 aromatic carbocycles. The van der Waals surface area contributed by atoms with Gasteiger partial charge in [-0.3, -0.25) is 0 Å². The van der Waals surface area contributed by atoms with E-state index in [4.69, 9.17) is 21.3 Å². The van der Waals surface area contributed by atoms with Crippen LogP contribution < -0.4 is 14.7 Å². The summed E-state index contributed by atoms with van der Waals surface area (Å²) in [5.41, 5.74) is 0. The first-order valence-corrected chi connectivity index (χ1v) is 8.80. The second kappa shape index (κ2) is 7.37. The third kappa shape index (κ3) is 3.74. The van der Waals surface area contributed by atoms with Gasteiger partial charge in [0, 0.05) is 45.5 Å². The number of hydrogen-bond donors (Lipinski definition) is 0. The second-order valence-electron chi connectivity index (χ2n) is 5.99. The van der Waals surface area contributed by atoms with E-state index in [9.17, 15) is 0 Å². The molecule has 0 radical (unpaired) electrons. The Morgan fingerprint density at radius 2 is 1.44 bits per heavy atom. The number of morpholine rings is 1. The van der Waals surface area contributed by atoms with Crippen molar-refractivity contribution in [2.45, 2.75) is 0 Å². The lowest BCUT2D eigenvalue weighted by Crippen LogP contribution is -2.47. The minimum absolute atomic E-state index is 0.552. The van der Waals surface area contributed by atoms with E-state index in [1.54, 1.807) is 12.4 Å². The highest BCUT2D eigenvalue weighted by Gasteiger charge is 2.22. The van der Waals surface area contributed by atoms with Crippen LogP contribution in [0.1, 0.15) is 0 Å². The quantitative estimate of drug-likeness (QED) is 0.804. The van der Waals surface area contributed by atoms with Crippen LogP contribution in [0.2, 0.25) is 5.02 Å². The van der Waals surface area contributed by atoms with Gasteiger partial charge in [0.2, 0.25) is 11.9 Å². The Bertz CT molecular complexity index is 700. The van der Waals surface area contributed by atoms with Crippen LogP contribution in [0.5, 0.6) is 0 Å². The van der Waals surface area contributed by atoms with Crippen molar-refractivity contribution >= 4 is 29.3 Å². The molecule has 2 aromatic rings. The van der Waals surface area contributed by atoms with E-state index >= 15 is 0 Å². The zero-order valence-electron chi connectivity index (χ0n) is 13.9. The van der Waals surface area contributed by atoms with Crippen molar-refractivity contribution in [1.29, 1.82) is 0 Å². The Kier molecular flexibility index (Phi) is 4.80. The standard InChI is InChI=1S/C16H20ClN7O/c17-13-11-19-15(20-12-13)23-3-5-24(6-4-23)16-18-2-1-14(21-16)22-7-9-25-10-8-22/h1-2,11-12H,3-10H2. The van der Waals surface area contributed by atoms with Crippen molar-refractivity contribution in [2.75, 3.05) is 67.2 Å². The average Bonchev–Trinajstić information content (AvgIpc) is 2.70. The number of rotatable bonds is 3. The highest BCUT2D eigenvalue weighted by atomic mass is 35.5. The minimum atomic E-state index is 0.552. The van der Waals surface area contributed by atoms with Gasteiger partial charge in [-0.15, -0.1) is 0 Å². The van der Waals surface area contributed by atoms with Crippen LogP contribution >= 0.6 is 11.6 Å². The molecule has 0 N–H and O–H groups in total. The van der Waals surface area contributed by atoms with Crippen LogP contribution in [-0.4, -0.2) is 72.4 Å². The van der Waals surface area contributed by atoms with Gasteiger partial charge in [-0.2, -0.15) is 4.98 Å². The van der Waals surface area contributed by atoms with Gasteiger partial charge in [0.05, 0.1) is 30.6 Å². The van der Waals surface area contributed by atoms with Crippen LogP contribution in [0.15, 0.2) is 24.7 Å². The van der Waals surface area contributed by atoms with Crippen molar-refractivity contribution in [1.82, 2.24) is 19.9 Å². The van der Waals surface area contributed by atoms with E-state index < -0.39 is 0 Å². The van der Waals surface area contributed by atoms with Gasteiger partial charge in [0.1, 0.15) is 5.82 Å². The number of halogens is 1. The number of anilines is 3. The van der Waals surface area contributed by atoms with Gasteiger partial charge in [-0.05, 0) is 6.07 Å². The molecule has 0 saturated carbocycles. The minimum Gasteiger partial charge on any atom is -0.378 e. The molecule has 9 heteroatoms. The summed E-state index contributed by atoms with van der Waals surface area (Å²) in [4.78, 5) is 24.4. The molecule has 0 atom stereocenters. The van der Waals surface area contributed by atoms with Crippen molar-refractivity contribution in [3.05, 3.63) is 29.7 Å². The predicted molar refractivity (Wildman–Crippen MR) is 96.5 cm³/mol. The maximum atomic E-state index is 5.85. The SMILES string of the molecule is Clc1cnc(N2CCN(c3nccc(N4CCOCC4)n3)CC2)nc1.